The lowest BCUT2D eigenvalue weighted by Crippen LogP contribution is -1.94. The van der Waals surface area contributed by atoms with Gasteiger partial charge in [0.15, 0.2) is 0 Å². The third-order valence-electron chi connectivity index (χ3n) is 4.97. The summed E-state index contributed by atoms with van der Waals surface area (Å²) in [4.78, 5) is 0. The molecule has 2 N–H and O–H groups in total. The third-order valence-corrected chi connectivity index (χ3v) is 4.97. The lowest BCUT2D eigenvalue weighted by atomic mass is 9.94. The van der Waals surface area contributed by atoms with Gasteiger partial charge in [0.25, 0.3) is 0 Å². The third kappa shape index (κ3) is 4.79. The maximum absolute atomic E-state index is 3.45. The van der Waals surface area contributed by atoms with Crippen LogP contribution in [-0.4, -0.2) is 0 Å². The van der Waals surface area contributed by atoms with E-state index in [0.717, 1.165) is 22.7 Å². The maximum Gasteiger partial charge on any atom is 0.0384 e. The highest BCUT2D eigenvalue weighted by atomic mass is 14.9. The van der Waals surface area contributed by atoms with Crippen molar-refractivity contribution in [2.24, 2.45) is 0 Å². The lowest BCUT2D eigenvalue weighted by molar-refractivity contribution is 1.37. The van der Waals surface area contributed by atoms with Crippen LogP contribution in [0.25, 0.3) is 5.57 Å². The van der Waals surface area contributed by atoms with Crippen LogP contribution < -0.4 is 10.6 Å². The molecule has 0 aliphatic rings. The quantitative estimate of drug-likeness (QED) is 0.348. The molecular weight excluding hydrogens is 364 g/mol. The molecule has 2 heteroatoms. The van der Waals surface area contributed by atoms with Crippen molar-refractivity contribution in [3.05, 3.63) is 126 Å². The number of hydrogen-bond acceptors (Lipinski definition) is 2. The van der Waals surface area contributed by atoms with Gasteiger partial charge in [-0.3, -0.25) is 0 Å². The zero-order chi connectivity index (χ0) is 20.8. The number of benzene rings is 4. The van der Waals surface area contributed by atoms with E-state index in [4.69, 9.17) is 0 Å². The molecule has 0 amide bonds. The van der Waals surface area contributed by atoms with Crippen molar-refractivity contribution in [1.29, 1.82) is 0 Å². The monoisotopic (exact) mass is 390 g/mol. The minimum absolute atomic E-state index is 1.08. The zero-order valence-corrected chi connectivity index (χ0v) is 17.4. The van der Waals surface area contributed by atoms with Crippen LogP contribution in [0.15, 0.2) is 115 Å². The van der Waals surface area contributed by atoms with Crippen LogP contribution >= 0.6 is 0 Å². The largest absolute Gasteiger partial charge is 0.356 e. The maximum atomic E-state index is 3.45. The van der Waals surface area contributed by atoms with Gasteiger partial charge < -0.3 is 10.6 Å². The number of nitrogens with one attached hydrogen (secondary N) is 2. The minimum Gasteiger partial charge on any atom is -0.356 e. The SMILES string of the molecule is CC(C)=C(c1ccc(Nc2ccccc2)cc1)c1ccc(Nc2ccccc2)cc1. The molecule has 4 aromatic rings. The van der Waals surface area contributed by atoms with Crippen LogP contribution in [0.4, 0.5) is 22.7 Å². The standard InChI is InChI=1S/C28H26N2/c1-21(2)28(22-13-17-26(18-14-22)29-24-9-5-3-6-10-24)23-15-19-27(20-16-23)30-25-11-7-4-8-12-25/h3-20,29-30H,1-2H3. The van der Waals surface area contributed by atoms with Crippen molar-refractivity contribution < 1.29 is 0 Å². The van der Waals surface area contributed by atoms with Crippen molar-refractivity contribution in [1.82, 2.24) is 0 Å². The van der Waals surface area contributed by atoms with Gasteiger partial charge in [0.2, 0.25) is 0 Å². The molecule has 0 unspecified atom stereocenters. The molecule has 0 spiro atoms. The zero-order valence-electron chi connectivity index (χ0n) is 17.4. The van der Waals surface area contributed by atoms with Crippen LogP contribution in [0.3, 0.4) is 0 Å². The average Bonchev–Trinajstić information content (AvgIpc) is 2.78. The van der Waals surface area contributed by atoms with Crippen molar-refractivity contribution in [2.45, 2.75) is 13.8 Å². The van der Waals surface area contributed by atoms with Crippen molar-refractivity contribution in [3.63, 3.8) is 0 Å². The van der Waals surface area contributed by atoms with Gasteiger partial charge in [0.05, 0.1) is 0 Å². The van der Waals surface area contributed by atoms with E-state index < -0.39 is 0 Å². The number of allylic oxidation sites excluding steroid dienone is 1. The number of para-hydroxylation sites is 2. The Morgan fingerprint density at radius 2 is 0.767 bits per heavy atom. The topological polar surface area (TPSA) is 24.1 Å². The Bertz CT molecular complexity index is 1020. The Labute approximate surface area is 178 Å². The molecule has 4 rings (SSSR count). The Kier molecular flexibility index (Phi) is 5.95. The summed E-state index contributed by atoms with van der Waals surface area (Å²) in [5, 5.41) is 6.89. The van der Waals surface area contributed by atoms with E-state index in [1.165, 1.54) is 22.3 Å². The molecule has 0 heterocycles. The predicted octanol–water partition coefficient (Wildman–Crippen LogP) is 8.02. The summed E-state index contributed by atoms with van der Waals surface area (Å²) in [5.41, 5.74) is 9.36. The van der Waals surface area contributed by atoms with Gasteiger partial charge in [-0.15, -0.1) is 0 Å². The predicted molar refractivity (Wildman–Crippen MR) is 130 cm³/mol. The fourth-order valence-corrected chi connectivity index (χ4v) is 3.56. The Morgan fingerprint density at radius 1 is 0.433 bits per heavy atom. The van der Waals surface area contributed by atoms with Gasteiger partial charge in [-0.05, 0) is 79.1 Å². The molecule has 30 heavy (non-hydrogen) atoms. The first-order chi connectivity index (χ1) is 14.7. The molecule has 148 valence electrons. The van der Waals surface area contributed by atoms with E-state index in [1.807, 2.05) is 36.4 Å². The molecule has 0 bridgehead atoms. The van der Waals surface area contributed by atoms with Crippen molar-refractivity contribution >= 4 is 28.3 Å². The summed E-state index contributed by atoms with van der Waals surface area (Å²) < 4.78 is 0. The summed E-state index contributed by atoms with van der Waals surface area (Å²) in [5.74, 6) is 0. The molecular formula is C28H26N2. The van der Waals surface area contributed by atoms with Gasteiger partial charge in [0, 0.05) is 22.7 Å². The van der Waals surface area contributed by atoms with E-state index in [0.29, 0.717) is 0 Å². The molecule has 0 fully saturated rings. The smallest absolute Gasteiger partial charge is 0.0384 e. The molecule has 0 aromatic heterocycles. The molecule has 0 aliphatic carbocycles. The first kappa shape index (κ1) is 19.5. The van der Waals surface area contributed by atoms with E-state index >= 15 is 0 Å². The van der Waals surface area contributed by atoms with Crippen LogP contribution in [0.5, 0.6) is 0 Å². The summed E-state index contributed by atoms with van der Waals surface area (Å²) in [6, 6.07) is 37.8. The highest BCUT2D eigenvalue weighted by molar-refractivity contribution is 5.83. The van der Waals surface area contributed by atoms with Crippen LogP contribution in [-0.2, 0) is 0 Å². The summed E-state index contributed by atoms with van der Waals surface area (Å²) in [6.07, 6.45) is 0. The van der Waals surface area contributed by atoms with E-state index in [2.05, 4.69) is 97.3 Å². The second-order valence-electron chi connectivity index (χ2n) is 7.51. The van der Waals surface area contributed by atoms with E-state index in [1.54, 1.807) is 0 Å². The van der Waals surface area contributed by atoms with Gasteiger partial charge in [-0.2, -0.15) is 0 Å². The number of hydrogen-bond donors (Lipinski definition) is 2. The van der Waals surface area contributed by atoms with Gasteiger partial charge in [-0.1, -0.05) is 66.2 Å². The lowest BCUT2D eigenvalue weighted by Gasteiger charge is -2.14. The second-order valence-corrected chi connectivity index (χ2v) is 7.51. The fourth-order valence-electron chi connectivity index (χ4n) is 3.56. The summed E-state index contributed by atoms with van der Waals surface area (Å²) in [6.45, 7) is 4.34. The van der Waals surface area contributed by atoms with Gasteiger partial charge >= 0.3 is 0 Å². The van der Waals surface area contributed by atoms with Crippen LogP contribution in [0, 0.1) is 0 Å². The highest BCUT2D eigenvalue weighted by Gasteiger charge is 2.08. The molecule has 0 saturated heterocycles. The second kappa shape index (κ2) is 9.15. The Balaban J connectivity index is 1.53. The van der Waals surface area contributed by atoms with Crippen LogP contribution in [0.2, 0.25) is 0 Å². The first-order valence-corrected chi connectivity index (χ1v) is 10.2. The van der Waals surface area contributed by atoms with Gasteiger partial charge in [0.1, 0.15) is 0 Å². The highest BCUT2D eigenvalue weighted by Crippen LogP contribution is 2.30. The van der Waals surface area contributed by atoms with E-state index in [-0.39, 0.29) is 0 Å². The summed E-state index contributed by atoms with van der Waals surface area (Å²) >= 11 is 0. The molecule has 0 atom stereocenters. The van der Waals surface area contributed by atoms with Crippen molar-refractivity contribution in [3.8, 4) is 0 Å². The number of anilines is 4. The van der Waals surface area contributed by atoms with Crippen LogP contribution in [0.1, 0.15) is 25.0 Å². The fraction of sp³-hybridized carbons (Fsp3) is 0.0714. The molecule has 4 aromatic carbocycles. The first-order valence-electron chi connectivity index (χ1n) is 10.2. The molecule has 0 saturated carbocycles. The summed E-state index contributed by atoms with van der Waals surface area (Å²) in [7, 11) is 0. The normalized spacial score (nSPS) is 10.3. The van der Waals surface area contributed by atoms with Crippen molar-refractivity contribution in [2.75, 3.05) is 10.6 Å². The Hall–Kier alpha value is -3.78. The van der Waals surface area contributed by atoms with Gasteiger partial charge in [-0.25, -0.2) is 0 Å². The average molecular weight is 391 g/mol. The number of rotatable bonds is 6. The Morgan fingerprint density at radius 3 is 1.10 bits per heavy atom. The minimum atomic E-state index is 1.08. The van der Waals surface area contributed by atoms with E-state index in [9.17, 15) is 0 Å². The molecule has 0 aliphatic heterocycles. The molecule has 0 radical (unpaired) electrons. The molecule has 2 nitrogen and oxygen atoms in total.